The van der Waals surface area contributed by atoms with Gasteiger partial charge < -0.3 is 0 Å². The molecule has 2 aromatic rings. The first-order chi connectivity index (χ1) is 7.58. The minimum Gasteiger partial charge on any atom is -0.299 e. The summed E-state index contributed by atoms with van der Waals surface area (Å²) < 4.78 is 2.88. The molecule has 0 bridgehead atoms. The fraction of sp³-hybridized carbons (Fsp3) is 0.250. The van der Waals surface area contributed by atoms with E-state index in [1.54, 1.807) is 0 Å². The average molecular weight is 298 g/mol. The molecule has 0 saturated heterocycles. The maximum absolute atomic E-state index is 11.7. The smallest absolute Gasteiger partial charge is 0.299 e. The Bertz CT molecular complexity index is 553. The molecule has 0 amide bonds. The number of rotatable bonds is 2. The quantitative estimate of drug-likeness (QED) is 0.833. The number of hydrogen-bond donors (Lipinski definition) is 0. The van der Waals surface area contributed by atoms with Gasteiger partial charge in [0.15, 0.2) is 0 Å². The number of aromatic nitrogens is 1. The van der Waals surface area contributed by atoms with Crippen LogP contribution in [0.1, 0.15) is 16.1 Å². The molecule has 84 valence electrons. The highest BCUT2D eigenvalue weighted by atomic mass is 79.9. The lowest BCUT2D eigenvalue weighted by atomic mass is 10.2. The van der Waals surface area contributed by atoms with Crippen LogP contribution in [0.15, 0.2) is 33.5 Å². The van der Waals surface area contributed by atoms with Gasteiger partial charge in [0.25, 0.3) is 0 Å². The molecule has 0 atom stereocenters. The molecular weight excluding hydrogens is 286 g/mol. The number of benzene rings is 1. The lowest BCUT2D eigenvalue weighted by Crippen LogP contribution is -2.15. The number of aryl methyl sites for hydroxylation is 1. The predicted octanol–water partition coefficient (Wildman–Crippen LogP) is 3.34. The molecule has 2 nitrogen and oxygen atoms in total. The van der Waals surface area contributed by atoms with Gasteiger partial charge >= 0.3 is 4.87 Å². The molecule has 0 aliphatic heterocycles. The van der Waals surface area contributed by atoms with Crippen molar-refractivity contribution in [2.24, 2.45) is 0 Å². The molecule has 2 rings (SSSR count). The van der Waals surface area contributed by atoms with Crippen molar-refractivity contribution in [3.63, 3.8) is 0 Å². The van der Waals surface area contributed by atoms with Gasteiger partial charge in [0, 0.05) is 15.0 Å². The van der Waals surface area contributed by atoms with Crippen LogP contribution in [-0.4, -0.2) is 4.57 Å². The van der Waals surface area contributed by atoms with E-state index in [4.69, 9.17) is 0 Å². The van der Waals surface area contributed by atoms with Gasteiger partial charge in [-0.05, 0) is 31.5 Å². The predicted molar refractivity (Wildman–Crippen MR) is 71.3 cm³/mol. The van der Waals surface area contributed by atoms with Gasteiger partial charge in [-0.2, -0.15) is 0 Å². The minimum absolute atomic E-state index is 0.123. The summed E-state index contributed by atoms with van der Waals surface area (Å²) in [4.78, 5) is 12.9. The van der Waals surface area contributed by atoms with E-state index in [0.29, 0.717) is 6.54 Å². The van der Waals surface area contributed by atoms with Crippen LogP contribution in [-0.2, 0) is 6.54 Å². The van der Waals surface area contributed by atoms with Gasteiger partial charge in [-0.25, -0.2) is 0 Å². The molecule has 0 aliphatic carbocycles. The molecule has 0 aliphatic rings. The summed E-state index contributed by atoms with van der Waals surface area (Å²) in [7, 11) is 0. The highest BCUT2D eigenvalue weighted by Crippen LogP contribution is 2.14. The van der Waals surface area contributed by atoms with Crippen LogP contribution in [0.2, 0.25) is 0 Å². The fourth-order valence-electron chi connectivity index (χ4n) is 1.54. The Balaban J connectivity index is 2.34. The van der Waals surface area contributed by atoms with Crippen molar-refractivity contribution in [1.29, 1.82) is 0 Å². The summed E-state index contributed by atoms with van der Waals surface area (Å²) >= 11 is 4.71. The van der Waals surface area contributed by atoms with Crippen molar-refractivity contribution in [2.45, 2.75) is 20.4 Å². The molecule has 1 aromatic heterocycles. The van der Waals surface area contributed by atoms with Crippen LogP contribution < -0.4 is 4.87 Å². The molecule has 0 unspecified atom stereocenters. The van der Waals surface area contributed by atoms with Gasteiger partial charge in [0.05, 0.1) is 6.54 Å². The van der Waals surface area contributed by atoms with Gasteiger partial charge in [-0.3, -0.25) is 9.36 Å². The van der Waals surface area contributed by atoms with Gasteiger partial charge in [-0.1, -0.05) is 39.4 Å². The first-order valence-electron chi connectivity index (χ1n) is 4.99. The van der Waals surface area contributed by atoms with Crippen LogP contribution in [0, 0.1) is 13.8 Å². The third kappa shape index (κ3) is 2.28. The van der Waals surface area contributed by atoms with Gasteiger partial charge in [0.2, 0.25) is 0 Å². The number of thiazole rings is 1. The van der Waals surface area contributed by atoms with E-state index in [-0.39, 0.29) is 4.87 Å². The molecule has 4 heteroatoms. The largest absolute Gasteiger partial charge is 0.307 e. The Kier molecular flexibility index (Phi) is 3.30. The van der Waals surface area contributed by atoms with Crippen molar-refractivity contribution in [3.05, 3.63) is 54.5 Å². The van der Waals surface area contributed by atoms with Crippen molar-refractivity contribution in [3.8, 4) is 0 Å². The van der Waals surface area contributed by atoms with Gasteiger partial charge in [0.1, 0.15) is 0 Å². The molecule has 1 aromatic carbocycles. The van der Waals surface area contributed by atoms with Crippen LogP contribution in [0.4, 0.5) is 0 Å². The van der Waals surface area contributed by atoms with Crippen LogP contribution in [0.5, 0.6) is 0 Å². The third-order valence-electron chi connectivity index (χ3n) is 2.63. The Morgan fingerprint density at radius 1 is 1.25 bits per heavy atom. The minimum atomic E-state index is 0.123. The normalized spacial score (nSPS) is 10.7. The van der Waals surface area contributed by atoms with Crippen molar-refractivity contribution < 1.29 is 0 Å². The van der Waals surface area contributed by atoms with Gasteiger partial charge in [-0.15, -0.1) is 0 Å². The number of hydrogen-bond acceptors (Lipinski definition) is 2. The summed E-state index contributed by atoms with van der Waals surface area (Å²) in [5.74, 6) is 0. The van der Waals surface area contributed by atoms with E-state index in [2.05, 4.69) is 15.9 Å². The monoisotopic (exact) mass is 297 g/mol. The van der Waals surface area contributed by atoms with Crippen molar-refractivity contribution >= 4 is 27.3 Å². The summed E-state index contributed by atoms with van der Waals surface area (Å²) in [6.45, 7) is 4.63. The highest BCUT2D eigenvalue weighted by molar-refractivity contribution is 9.10. The fourth-order valence-corrected chi connectivity index (χ4v) is 2.64. The maximum Gasteiger partial charge on any atom is 0.307 e. The SMILES string of the molecule is Cc1sc(=O)n(Cc2ccc(Br)cc2)c1C. The second kappa shape index (κ2) is 4.55. The highest BCUT2D eigenvalue weighted by Gasteiger charge is 2.07. The second-order valence-electron chi connectivity index (χ2n) is 3.72. The lowest BCUT2D eigenvalue weighted by molar-refractivity contribution is 0.751. The van der Waals surface area contributed by atoms with Crippen molar-refractivity contribution in [1.82, 2.24) is 4.57 Å². The van der Waals surface area contributed by atoms with E-state index in [9.17, 15) is 4.79 Å². The van der Waals surface area contributed by atoms with E-state index in [1.165, 1.54) is 11.3 Å². The van der Waals surface area contributed by atoms with Crippen LogP contribution in [0.25, 0.3) is 0 Å². The second-order valence-corrected chi connectivity index (χ2v) is 5.80. The summed E-state index contributed by atoms with van der Waals surface area (Å²) in [6.07, 6.45) is 0. The Morgan fingerprint density at radius 3 is 2.38 bits per heavy atom. The van der Waals surface area contributed by atoms with E-state index in [1.807, 2.05) is 42.7 Å². The maximum atomic E-state index is 11.7. The molecular formula is C12H12BrNOS. The molecule has 0 fully saturated rings. The molecule has 0 N–H and O–H groups in total. The third-order valence-corrected chi connectivity index (χ3v) is 4.15. The molecule has 0 saturated carbocycles. The average Bonchev–Trinajstić information content (AvgIpc) is 2.48. The molecule has 0 radical (unpaired) electrons. The van der Waals surface area contributed by atoms with Crippen LogP contribution >= 0.6 is 27.3 Å². The van der Waals surface area contributed by atoms with E-state index < -0.39 is 0 Å². The topological polar surface area (TPSA) is 22.0 Å². The van der Waals surface area contributed by atoms with Crippen LogP contribution in [0.3, 0.4) is 0 Å². The molecule has 1 heterocycles. The number of halogens is 1. The number of nitrogens with zero attached hydrogens (tertiary/aromatic N) is 1. The first-order valence-corrected chi connectivity index (χ1v) is 6.60. The van der Waals surface area contributed by atoms with E-state index >= 15 is 0 Å². The zero-order chi connectivity index (χ0) is 11.7. The zero-order valence-electron chi connectivity index (χ0n) is 9.16. The summed E-state index contributed by atoms with van der Waals surface area (Å²) in [6, 6.07) is 8.05. The Morgan fingerprint density at radius 2 is 1.88 bits per heavy atom. The standard InChI is InChI=1S/C12H12BrNOS/c1-8-9(2)16-12(15)14(8)7-10-3-5-11(13)6-4-10/h3-6H,7H2,1-2H3. The zero-order valence-corrected chi connectivity index (χ0v) is 11.6. The lowest BCUT2D eigenvalue weighted by Gasteiger charge is -2.05. The molecule has 0 spiro atoms. The first kappa shape index (κ1) is 11.6. The Hall–Kier alpha value is -0.870. The van der Waals surface area contributed by atoms with Crippen molar-refractivity contribution in [2.75, 3.05) is 0 Å². The molecule has 16 heavy (non-hydrogen) atoms. The van der Waals surface area contributed by atoms with E-state index in [0.717, 1.165) is 20.6 Å². The Labute approximate surface area is 107 Å². The summed E-state index contributed by atoms with van der Waals surface area (Å²) in [5.41, 5.74) is 2.21. The summed E-state index contributed by atoms with van der Waals surface area (Å²) in [5, 5.41) is 0.